The molecule has 15 heavy (non-hydrogen) atoms. The Morgan fingerprint density at radius 3 is 2.47 bits per heavy atom. The third-order valence-corrected chi connectivity index (χ3v) is 2.85. The number of halogens is 2. The zero-order chi connectivity index (χ0) is 11.4. The summed E-state index contributed by atoms with van der Waals surface area (Å²) in [6, 6.07) is 3.43. The second-order valence-corrected chi connectivity index (χ2v) is 4.78. The third kappa shape index (κ3) is 3.80. The Hall–Kier alpha value is -0.600. The first-order valence-electron chi connectivity index (χ1n) is 4.99. The van der Waals surface area contributed by atoms with Crippen LogP contribution in [0.4, 0.5) is 11.4 Å². The Morgan fingerprint density at radius 1 is 1.27 bits per heavy atom. The highest BCUT2D eigenvalue weighted by Crippen LogP contribution is 2.30. The van der Waals surface area contributed by atoms with Crippen LogP contribution in [0.15, 0.2) is 12.1 Å². The molecule has 0 fully saturated rings. The first-order valence-corrected chi connectivity index (χ1v) is 5.74. The lowest BCUT2D eigenvalue weighted by atomic mass is 10.1. The highest BCUT2D eigenvalue weighted by molar-refractivity contribution is 6.42. The van der Waals surface area contributed by atoms with Crippen molar-refractivity contribution in [3.05, 3.63) is 22.2 Å². The number of rotatable bonds is 4. The predicted octanol–water partition coefficient (Wildman–Crippen LogP) is 4.03. The van der Waals surface area contributed by atoms with Crippen LogP contribution < -0.4 is 11.1 Å². The van der Waals surface area contributed by atoms with Crippen LogP contribution in [0.25, 0.3) is 0 Å². The molecule has 0 atom stereocenters. The molecule has 0 radical (unpaired) electrons. The normalized spacial score (nSPS) is 10.7. The van der Waals surface area contributed by atoms with Crippen LogP contribution in [0.5, 0.6) is 0 Å². The maximum atomic E-state index is 5.90. The third-order valence-electron chi connectivity index (χ3n) is 2.13. The van der Waals surface area contributed by atoms with E-state index in [1.54, 1.807) is 12.1 Å². The molecule has 84 valence electrons. The number of nitrogens with one attached hydrogen (secondary N) is 1. The van der Waals surface area contributed by atoms with Gasteiger partial charge in [-0.25, -0.2) is 0 Å². The smallest absolute Gasteiger partial charge is 0.0614 e. The first kappa shape index (κ1) is 12.5. The van der Waals surface area contributed by atoms with Gasteiger partial charge in [0, 0.05) is 6.54 Å². The zero-order valence-electron chi connectivity index (χ0n) is 8.98. The molecule has 0 amide bonds. The standard InChI is InChI=1S/C11H16Cl2N2/c1-7(2)3-4-15-11-6-9(13)8(12)5-10(11)14/h5-7,15H,3-4,14H2,1-2H3. The summed E-state index contributed by atoms with van der Waals surface area (Å²) in [5, 5.41) is 4.26. The monoisotopic (exact) mass is 246 g/mol. The highest BCUT2D eigenvalue weighted by Gasteiger charge is 2.04. The van der Waals surface area contributed by atoms with Crippen molar-refractivity contribution in [3.8, 4) is 0 Å². The zero-order valence-corrected chi connectivity index (χ0v) is 10.5. The van der Waals surface area contributed by atoms with E-state index in [-0.39, 0.29) is 0 Å². The molecule has 1 aromatic rings. The van der Waals surface area contributed by atoms with E-state index >= 15 is 0 Å². The second-order valence-electron chi connectivity index (χ2n) is 3.96. The van der Waals surface area contributed by atoms with Gasteiger partial charge in [0.25, 0.3) is 0 Å². The van der Waals surface area contributed by atoms with Crippen molar-refractivity contribution in [2.24, 2.45) is 5.92 Å². The SMILES string of the molecule is CC(C)CCNc1cc(Cl)c(Cl)cc1N. The lowest BCUT2D eigenvalue weighted by molar-refractivity contribution is 0.607. The Kier molecular flexibility index (Phi) is 4.55. The van der Waals surface area contributed by atoms with E-state index in [2.05, 4.69) is 19.2 Å². The topological polar surface area (TPSA) is 38.0 Å². The Morgan fingerprint density at radius 2 is 1.87 bits per heavy atom. The molecule has 2 nitrogen and oxygen atoms in total. The summed E-state index contributed by atoms with van der Waals surface area (Å²) in [7, 11) is 0. The van der Waals surface area contributed by atoms with Gasteiger partial charge in [-0.1, -0.05) is 37.0 Å². The number of nitrogens with two attached hydrogens (primary N) is 1. The molecule has 0 unspecified atom stereocenters. The summed E-state index contributed by atoms with van der Waals surface area (Å²) in [6.07, 6.45) is 1.10. The van der Waals surface area contributed by atoms with Crippen molar-refractivity contribution in [3.63, 3.8) is 0 Å². The molecule has 0 aliphatic heterocycles. The summed E-state index contributed by atoms with van der Waals surface area (Å²) in [5.41, 5.74) is 7.29. The lowest BCUT2D eigenvalue weighted by Crippen LogP contribution is -2.06. The number of anilines is 2. The molecule has 3 N–H and O–H groups in total. The number of hydrogen-bond donors (Lipinski definition) is 2. The quantitative estimate of drug-likeness (QED) is 0.788. The molecule has 1 rings (SSSR count). The van der Waals surface area contributed by atoms with Crippen LogP contribution in [0.1, 0.15) is 20.3 Å². The van der Waals surface area contributed by atoms with Gasteiger partial charge in [-0.05, 0) is 24.5 Å². The largest absolute Gasteiger partial charge is 0.397 e. The predicted molar refractivity (Wildman–Crippen MR) is 68.8 cm³/mol. The molecule has 0 aromatic heterocycles. The van der Waals surface area contributed by atoms with Gasteiger partial charge in [-0.3, -0.25) is 0 Å². The Labute approximate surface area is 101 Å². The van der Waals surface area contributed by atoms with E-state index in [9.17, 15) is 0 Å². The van der Waals surface area contributed by atoms with E-state index in [1.165, 1.54) is 0 Å². The minimum absolute atomic E-state index is 0.489. The minimum Gasteiger partial charge on any atom is -0.397 e. The molecule has 0 heterocycles. The van der Waals surface area contributed by atoms with E-state index in [4.69, 9.17) is 28.9 Å². The lowest BCUT2D eigenvalue weighted by Gasteiger charge is -2.11. The van der Waals surface area contributed by atoms with Crippen molar-refractivity contribution in [2.45, 2.75) is 20.3 Å². The molecular weight excluding hydrogens is 231 g/mol. The first-order chi connectivity index (χ1) is 7.00. The van der Waals surface area contributed by atoms with Crippen LogP contribution in [-0.4, -0.2) is 6.54 Å². The van der Waals surface area contributed by atoms with Crippen LogP contribution in [0.3, 0.4) is 0 Å². The molecule has 4 heteroatoms. The van der Waals surface area contributed by atoms with Crippen molar-refractivity contribution in [1.29, 1.82) is 0 Å². The molecule has 0 saturated heterocycles. The van der Waals surface area contributed by atoms with Crippen LogP contribution in [0, 0.1) is 5.92 Å². The molecule has 0 aliphatic rings. The molecule has 0 bridgehead atoms. The van der Waals surface area contributed by atoms with Crippen molar-refractivity contribution in [2.75, 3.05) is 17.6 Å². The molecule has 0 aliphatic carbocycles. The van der Waals surface area contributed by atoms with Gasteiger partial charge in [-0.2, -0.15) is 0 Å². The van der Waals surface area contributed by atoms with Gasteiger partial charge in [0.05, 0.1) is 21.4 Å². The fraction of sp³-hybridized carbons (Fsp3) is 0.455. The average molecular weight is 247 g/mol. The highest BCUT2D eigenvalue weighted by atomic mass is 35.5. The van der Waals surface area contributed by atoms with Crippen molar-refractivity contribution >= 4 is 34.6 Å². The maximum absolute atomic E-state index is 5.90. The summed E-state index contributed by atoms with van der Waals surface area (Å²) < 4.78 is 0. The molecule has 1 aromatic carbocycles. The van der Waals surface area contributed by atoms with Crippen molar-refractivity contribution in [1.82, 2.24) is 0 Å². The summed E-state index contributed by atoms with van der Waals surface area (Å²) in [4.78, 5) is 0. The molecular formula is C11H16Cl2N2. The molecule has 0 saturated carbocycles. The number of hydrogen-bond acceptors (Lipinski definition) is 2. The van der Waals surface area contributed by atoms with Crippen LogP contribution in [0.2, 0.25) is 10.0 Å². The fourth-order valence-electron chi connectivity index (χ4n) is 1.21. The summed E-state index contributed by atoms with van der Waals surface area (Å²) >= 11 is 11.7. The van der Waals surface area contributed by atoms with Gasteiger partial charge < -0.3 is 11.1 Å². The van der Waals surface area contributed by atoms with Crippen LogP contribution >= 0.6 is 23.2 Å². The van der Waals surface area contributed by atoms with Gasteiger partial charge in [0.15, 0.2) is 0 Å². The van der Waals surface area contributed by atoms with E-state index in [0.717, 1.165) is 18.7 Å². The fourth-order valence-corrected chi connectivity index (χ4v) is 1.55. The van der Waals surface area contributed by atoms with Gasteiger partial charge in [0.2, 0.25) is 0 Å². The van der Waals surface area contributed by atoms with E-state index in [0.29, 0.717) is 21.7 Å². The van der Waals surface area contributed by atoms with Gasteiger partial charge >= 0.3 is 0 Å². The van der Waals surface area contributed by atoms with Gasteiger partial charge in [-0.15, -0.1) is 0 Å². The van der Waals surface area contributed by atoms with Crippen molar-refractivity contribution < 1.29 is 0 Å². The van der Waals surface area contributed by atoms with E-state index < -0.39 is 0 Å². The summed E-state index contributed by atoms with van der Waals surface area (Å²) in [6.45, 7) is 5.25. The van der Waals surface area contributed by atoms with Crippen LogP contribution in [-0.2, 0) is 0 Å². The number of benzene rings is 1. The Bertz CT molecular complexity index is 338. The minimum atomic E-state index is 0.489. The number of nitrogen functional groups attached to an aromatic ring is 1. The van der Waals surface area contributed by atoms with E-state index in [1.807, 2.05) is 0 Å². The Balaban J connectivity index is 2.65. The summed E-state index contributed by atoms with van der Waals surface area (Å²) in [5.74, 6) is 0.668. The second kappa shape index (κ2) is 5.47. The van der Waals surface area contributed by atoms with Gasteiger partial charge in [0.1, 0.15) is 0 Å². The molecule has 0 spiro atoms. The average Bonchev–Trinajstić information content (AvgIpc) is 2.13. The maximum Gasteiger partial charge on any atom is 0.0614 e.